The van der Waals surface area contributed by atoms with Gasteiger partial charge in [-0.05, 0) is 50.0 Å². The van der Waals surface area contributed by atoms with Crippen molar-refractivity contribution in [2.45, 2.75) is 59.2 Å². The van der Waals surface area contributed by atoms with Crippen LogP contribution in [0.3, 0.4) is 0 Å². The summed E-state index contributed by atoms with van der Waals surface area (Å²) >= 11 is 6.06. The summed E-state index contributed by atoms with van der Waals surface area (Å²) in [7, 11) is 0. The molecule has 0 aliphatic heterocycles. The molecule has 1 aliphatic carbocycles. The van der Waals surface area contributed by atoms with Crippen LogP contribution in [0, 0.1) is 0 Å². The number of hydrogen-bond donors (Lipinski definition) is 1. The van der Waals surface area contributed by atoms with Crippen molar-refractivity contribution in [3.63, 3.8) is 0 Å². The summed E-state index contributed by atoms with van der Waals surface area (Å²) in [5, 5.41) is 9.88. The van der Waals surface area contributed by atoms with E-state index in [0.717, 1.165) is 30.6 Å². The number of rotatable bonds is 9. The van der Waals surface area contributed by atoms with Crippen molar-refractivity contribution in [1.82, 2.24) is 18.7 Å². The Kier molecular flexibility index (Phi) is 7.38. The zero-order valence-corrected chi connectivity index (χ0v) is 20.2. The van der Waals surface area contributed by atoms with Gasteiger partial charge in [0, 0.05) is 31.1 Å². The number of aromatic nitrogens is 4. The predicted octanol–water partition coefficient (Wildman–Crippen LogP) is 3.86. The number of nitrogens with zero attached hydrogens (tertiary/aromatic N) is 4. The average molecular weight is 485 g/mol. The molecule has 0 atom stereocenters. The summed E-state index contributed by atoms with van der Waals surface area (Å²) in [5.41, 5.74) is 1.97. The van der Waals surface area contributed by atoms with E-state index in [1.165, 1.54) is 14.7 Å². The third kappa shape index (κ3) is 4.74. The number of ether oxygens (including phenoxy) is 1. The van der Waals surface area contributed by atoms with Crippen LogP contribution in [0.2, 0.25) is 5.02 Å². The Bertz CT molecular complexity index is 1360. The summed E-state index contributed by atoms with van der Waals surface area (Å²) in [6.07, 6.45) is 6.96. The number of imidazole rings is 1. The number of halogens is 1. The van der Waals surface area contributed by atoms with Crippen LogP contribution in [-0.4, -0.2) is 30.4 Å². The van der Waals surface area contributed by atoms with Crippen molar-refractivity contribution in [3.05, 3.63) is 79.2 Å². The molecular weight excluding hydrogens is 456 g/mol. The van der Waals surface area contributed by atoms with Gasteiger partial charge in [0.25, 0.3) is 5.56 Å². The summed E-state index contributed by atoms with van der Waals surface area (Å²) in [4.78, 5) is 31.1. The molecule has 0 fully saturated rings. The molecule has 0 bridgehead atoms. The lowest BCUT2D eigenvalue weighted by Crippen LogP contribution is -2.40. The number of aliphatic hydroxyl groups excluding tert-OH is 1. The average Bonchev–Trinajstić information content (AvgIpc) is 3.18. The van der Waals surface area contributed by atoms with E-state index < -0.39 is 11.2 Å². The maximum Gasteiger partial charge on any atom is 0.332 e. The van der Waals surface area contributed by atoms with Gasteiger partial charge in [-0.1, -0.05) is 42.3 Å². The van der Waals surface area contributed by atoms with Crippen LogP contribution in [0.5, 0.6) is 6.01 Å². The first-order chi connectivity index (χ1) is 16.5. The molecule has 0 saturated heterocycles. The molecule has 1 N–H and O–H groups in total. The first-order valence-electron chi connectivity index (χ1n) is 11.6. The van der Waals surface area contributed by atoms with Crippen LogP contribution in [0.1, 0.15) is 45.1 Å². The molecule has 0 radical (unpaired) electrons. The monoisotopic (exact) mass is 484 g/mol. The summed E-state index contributed by atoms with van der Waals surface area (Å²) < 4.78 is 10.6. The number of allylic oxidation sites excluding steroid dienone is 4. The van der Waals surface area contributed by atoms with E-state index in [1.807, 2.05) is 25.1 Å². The van der Waals surface area contributed by atoms with E-state index >= 15 is 0 Å². The van der Waals surface area contributed by atoms with Crippen LogP contribution < -0.4 is 16.0 Å². The highest BCUT2D eigenvalue weighted by Crippen LogP contribution is 2.26. The normalized spacial score (nSPS) is 13.8. The molecule has 9 heteroatoms. The molecule has 1 aromatic carbocycles. The standard InChI is InChI=1S/C25H29ClN4O4/c1-3-17-8-12-20(13-9-17)34-24-27-22-21(30(24)16-18-6-10-19(26)11-7-18)23(32)29(14-5-15-31)25(33)28(22)4-2/h6-8,10-12,31H,3-5,9,13-16H2,1-2H3. The highest BCUT2D eigenvalue weighted by molar-refractivity contribution is 6.30. The third-order valence-corrected chi connectivity index (χ3v) is 6.32. The van der Waals surface area contributed by atoms with Crippen molar-refractivity contribution in [3.8, 4) is 6.01 Å². The Morgan fingerprint density at radius 1 is 1.06 bits per heavy atom. The quantitative estimate of drug-likeness (QED) is 0.498. The molecule has 180 valence electrons. The molecule has 0 unspecified atom stereocenters. The Morgan fingerprint density at radius 3 is 2.44 bits per heavy atom. The van der Waals surface area contributed by atoms with Gasteiger partial charge in [0.15, 0.2) is 11.2 Å². The molecule has 1 aliphatic rings. The number of hydrogen-bond acceptors (Lipinski definition) is 5. The lowest BCUT2D eigenvalue weighted by molar-refractivity contribution is 0.277. The molecule has 2 heterocycles. The second-order valence-corrected chi connectivity index (χ2v) is 8.69. The Labute approximate surface area is 202 Å². The minimum absolute atomic E-state index is 0.115. The third-order valence-electron chi connectivity index (χ3n) is 6.06. The first-order valence-corrected chi connectivity index (χ1v) is 12.0. The van der Waals surface area contributed by atoms with E-state index in [0.29, 0.717) is 35.7 Å². The summed E-state index contributed by atoms with van der Waals surface area (Å²) in [6, 6.07) is 7.61. The van der Waals surface area contributed by atoms with E-state index in [1.54, 1.807) is 16.7 Å². The summed E-state index contributed by atoms with van der Waals surface area (Å²) in [6.45, 7) is 4.64. The lowest BCUT2D eigenvalue weighted by atomic mass is 10.0. The number of benzene rings is 1. The fourth-order valence-corrected chi connectivity index (χ4v) is 4.26. The van der Waals surface area contributed by atoms with Crippen LogP contribution in [0.4, 0.5) is 0 Å². The van der Waals surface area contributed by atoms with Gasteiger partial charge in [-0.25, -0.2) is 4.79 Å². The van der Waals surface area contributed by atoms with Crippen molar-refractivity contribution >= 4 is 22.8 Å². The van der Waals surface area contributed by atoms with Gasteiger partial charge in [-0.15, -0.1) is 0 Å². The molecule has 34 heavy (non-hydrogen) atoms. The fourth-order valence-electron chi connectivity index (χ4n) is 4.14. The van der Waals surface area contributed by atoms with Crippen LogP contribution in [-0.2, 0) is 19.6 Å². The van der Waals surface area contributed by atoms with E-state index in [4.69, 9.17) is 16.3 Å². The maximum atomic E-state index is 13.5. The van der Waals surface area contributed by atoms with Gasteiger partial charge >= 0.3 is 11.7 Å². The van der Waals surface area contributed by atoms with Gasteiger partial charge in [-0.3, -0.25) is 18.5 Å². The topological polar surface area (TPSA) is 91.3 Å². The fraction of sp³-hybridized carbons (Fsp3) is 0.400. The van der Waals surface area contributed by atoms with Gasteiger partial charge in [0.1, 0.15) is 5.76 Å². The van der Waals surface area contributed by atoms with Crippen LogP contribution in [0.25, 0.3) is 11.2 Å². The highest BCUT2D eigenvalue weighted by atomic mass is 35.5. The van der Waals surface area contributed by atoms with E-state index in [-0.39, 0.29) is 19.2 Å². The first kappa shape index (κ1) is 24.0. The van der Waals surface area contributed by atoms with E-state index in [2.05, 4.69) is 18.0 Å². The molecular formula is C25H29ClN4O4. The molecule has 3 aromatic rings. The Hall–Kier alpha value is -3.10. The minimum atomic E-state index is -0.444. The minimum Gasteiger partial charge on any atom is -0.430 e. The molecule has 0 spiro atoms. The number of aliphatic hydroxyl groups is 1. The summed E-state index contributed by atoms with van der Waals surface area (Å²) in [5.74, 6) is 0.760. The largest absolute Gasteiger partial charge is 0.430 e. The van der Waals surface area contributed by atoms with Crippen molar-refractivity contribution in [2.24, 2.45) is 0 Å². The number of fused-ring (bicyclic) bond motifs is 1. The molecule has 2 aromatic heterocycles. The second-order valence-electron chi connectivity index (χ2n) is 8.25. The van der Waals surface area contributed by atoms with Crippen LogP contribution >= 0.6 is 11.6 Å². The molecule has 0 saturated carbocycles. The second kappa shape index (κ2) is 10.4. The van der Waals surface area contributed by atoms with Gasteiger partial charge in [0.2, 0.25) is 0 Å². The maximum absolute atomic E-state index is 13.5. The smallest absolute Gasteiger partial charge is 0.332 e. The van der Waals surface area contributed by atoms with Crippen molar-refractivity contribution in [1.29, 1.82) is 0 Å². The molecule has 4 rings (SSSR count). The molecule has 8 nitrogen and oxygen atoms in total. The molecule has 0 amide bonds. The predicted molar refractivity (Wildman–Crippen MR) is 133 cm³/mol. The lowest BCUT2D eigenvalue weighted by Gasteiger charge is -2.15. The number of aryl methyl sites for hydroxylation is 1. The van der Waals surface area contributed by atoms with Gasteiger partial charge in [0.05, 0.1) is 6.54 Å². The highest BCUT2D eigenvalue weighted by Gasteiger charge is 2.23. The Morgan fingerprint density at radius 2 is 1.82 bits per heavy atom. The van der Waals surface area contributed by atoms with Crippen LogP contribution in [0.15, 0.2) is 57.3 Å². The SMILES string of the molecule is CCC1=CC=C(Oc2nc3c(c(=O)n(CCCO)c(=O)n3CC)n2Cc2ccc(Cl)cc2)CC1. The van der Waals surface area contributed by atoms with E-state index in [9.17, 15) is 14.7 Å². The van der Waals surface area contributed by atoms with Gasteiger partial charge < -0.3 is 9.84 Å². The van der Waals surface area contributed by atoms with Crippen molar-refractivity contribution < 1.29 is 9.84 Å². The van der Waals surface area contributed by atoms with Crippen molar-refractivity contribution in [2.75, 3.05) is 6.61 Å². The van der Waals surface area contributed by atoms with Gasteiger partial charge in [-0.2, -0.15) is 4.98 Å². The zero-order chi connectivity index (χ0) is 24.2. The zero-order valence-electron chi connectivity index (χ0n) is 19.5. The Balaban J connectivity index is 1.90.